The lowest BCUT2D eigenvalue weighted by molar-refractivity contribution is -0.141. The molecule has 2 aliphatic rings. The lowest BCUT2D eigenvalue weighted by atomic mass is 10.1. The second kappa shape index (κ2) is 8.67. The van der Waals surface area contributed by atoms with Gasteiger partial charge in [0.1, 0.15) is 5.92 Å². The van der Waals surface area contributed by atoms with Gasteiger partial charge in [0.25, 0.3) is 0 Å². The second-order valence-corrected chi connectivity index (χ2v) is 8.76. The largest absolute Gasteiger partial charge is 0.339 e. The Balaban J connectivity index is 1.35. The molecule has 0 aliphatic carbocycles. The number of benzene rings is 2. The Kier molecular flexibility index (Phi) is 6.01. The minimum Gasteiger partial charge on any atom is -0.339 e. The van der Waals surface area contributed by atoms with Crippen LogP contribution in [0.15, 0.2) is 53.0 Å². The highest BCUT2D eigenvalue weighted by atomic mass is 79.9. The molecule has 1 atom stereocenters. The maximum atomic E-state index is 13.0. The van der Waals surface area contributed by atoms with E-state index in [0.29, 0.717) is 26.1 Å². The lowest BCUT2D eigenvalue weighted by Gasteiger charge is -2.35. The third-order valence-electron chi connectivity index (χ3n) is 5.89. The highest BCUT2D eigenvalue weighted by Crippen LogP contribution is 2.30. The summed E-state index contributed by atoms with van der Waals surface area (Å²) in [5.41, 5.74) is 3.23. The normalized spacial score (nSPS) is 20.3. The van der Waals surface area contributed by atoms with E-state index in [1.54, 1.807) is 4.90 Å². The number of piperazine rings is 1. The van der Waals surface area contributed by atoms with E-state index in [1.165, 1.54) is 5.56 Å². The SMILES string of the molecule is Cc1cc(Br)ccc1N1CC[C@H](C(=O)N2CCN(Cc3ccccc3)CC2)C1=O. The van der Waals surface area contributed by atoms with Gasteiger partial charge in [0.15, 0.2) is 0 Å². The first kappa shape index (κ1) is 20.1. The van der Waals surface area contributed by atoms with Crippen molar-refractivity contribution in [1.29, 1.82) is 0 Å². The molecule has 0 radical (unpaired) electrons. The van der Waals surface area contributed by atoms with Crippen LogP contribution in [0.3, 0.4) is 0 Å². The van der Waals surface area contributed by atoms with Crippen molar-refractivity contribution in [3.63, 3.8) is 0 Å². The predicted molar refractivity (Wildman–Crippen MR) is 118 cm³/mol. The lowest BCUT2D eigenvalue weighted by Crippen LogP contribution is -2.51. The maximum Gasteiger partial charge on any atom is 0.239 e. The summed E-state index contributed by atoms with van der Waals surface area (Å²) in [6.45, 7) is 6.57. The van der Waals surface area contributed by atoms with E-state index in [-0.39, 0.29) is 11.8 Å². The van der Waals surface area contributed by atoms with Crippen molar-refractivity contribution in [1.82, 2.24) is 9.80 Å². The van der Waals surface area contributed by atoms with Gasteiger partial charge < -0.3 is 9.80 Å². The van der Waals surface area contributed by atoms with E-state index in [2.05, 4.69) is 45.1 Å². The van der Waals surface area contributed by atoms with E-state index in [9.17, 15) is 9.59 Å². The zero-order chi connectivity index (χ0) is 20.4. The average molecular weight is 456 g/mol. The monoisotopic (exact) mass is 455 g/mol. The fourth-order valence-electron chi connectivity index (χ4n) is 4.26. The van der Waals surface area contributed by atoms with Gasteiger partial charge in [-0.15, -0.1) is 0 Å². The van der Waals surface area contributed by atoms with Gasteiger partial charge >= 0.3 is 0 Å². The maximum absolute atomic E-state index is 13.0. The minimum atomic E-state index is -0.543. The van der Waals surface area contributed by atoms with E-state index >= 15 is 0 Å². The molecular formula is C23H26BrN3O2. The fraction of sp³-hybridized carbons (Fsp3) is 0.391. The van der Waals surface area contributed by atoms with Crippen molar-refractivity contribution in [2.24, 2.45) is 5.92 Å². The van der Waals surface area contributed by atoms with Crippen molar-refractivity contribution in [2.45, 2.75) is 19.9 Å². The van der Waals surface area contributed by atoms with Crippen LogP contribution in [0, 0.1) is 12.8 Å². The summed E-state index contributed by atoms with van der Waals surface area (Å²) in [6.07, 6.45) is 0.595. The van der Waals surface area contributed by atoms with Crippen molar-refractivity contribution < 1.29 is 9.59 Å². The number of anilines is 1. The van der Waals surface area contributed by atoms with Crippen LogP contribution in [0.2, 0.25) is 0 Å². The number of nitrogens with zero attached hydrogens (tertiary/aromatic N) is 3. The molecule has 2 saturated heterocycles. The summed E-state index contributed by atoms with van der Waals surface area (Å²) in [6, 6.07) is 16.3. The third kappa shape index (κ3) is 4.38. The molecule has 6 heteroatoms. The van der Waals surface area contributed by atoms with Crippen LogP contribution in [0.5, 0.6) is 0 Å². The molecule has 2 heterocycles. The number of hydrogen-bond acceptors (Lipinski definition) is 3. The van der Waals surface area contributed by atoms with Crippen LogP contribution < -0.4 is 4.90 Å². The first-order valence-corrected chi connectivity index (χ1v) is 10.9. The molecule has 2 fully saturated rings. The Bertz CT molecular complexity index is 894. The highest BCUT2D eigenvalue weighted by molar-refractivity contribution is 9.10. The summed E-state index contributed by atoms with van der Waals surface area (Å²) in [5.74, 6) is -0.613. The van der Waals surface area contributed by atoms with Crippen molar-refractivity contribution in [3.8, 4) is 0 Å². The van der Waals surface area contributed by atoms with Crippen molar-refractivity contribution in [2.75, 3.05) is 37.6 Å². The Morgan fingerprint density at radius 1 is 1.03 bits per heavy atom. The summed E-state index contributed by atoms with van der Waals surface area (Å²) < 4.78 is 0.992. The molecule has 0 spiro atoms. The minimum absolute atomic E-state index is 0.00775. The average Bonchev–Trinajstić information content (AvgIpc) is 3.10. The first-order valence-electron chi connectivity index (χ1n) is 10.2. The first-order chi connectivity index (χ1) is 14.0. The zero-order valence-corrected chi connectivity index (χ0v) is 18.3. The number of hydrogen-bond donors (Lipinski definition) is 0. The number of carbonyl (C=O) groups is 2. The Hall–Kier alpha value is -2.18. The number of amides is 2. The van der Waals surface area contributed by atoms with E-state index in [0.717, 1.165) is 35.4 Å². The fourth-order valence-corrected chi connectivity index (χ4v) is 4.73. The Morgan fingerprint density at radius 2 is 1.76 bits per heavy atom. The molecule has 2 aliphatic heterocycles. The number of rotatable bonds is 4. The summed E-state index contributed by atoms with van der Waals surface area (Å²) in [5, 5.41) is 0. The molecule has 2 aromatic rings. The molecule has 0 saturated carbocycles. The molecule has 2 aromatic carbocycles. The van der Waals surface area contributed by atoms with Gasteiger partial charge in [0.2, 0.25) is 11.8 Å². The molecule has 29 heavy (non-hydrogen) atoms. The second-order valence-electron chi connectivity index (χ2n) is 7.85. The van der Waals surface area contributed by atoms with Gasteiger partial charge in [-0.05, 0) is 42.7 Å². The van der Waals surface area contributed by atoms with Gasteiger partial charge in [-0.3, -0.25) is 14.5 Å². The zero-order valence-electron chi connectivity index (χ0n) is 16.7. The summed E-state index contributed by atoms with van der Waals surface area (Å²) >= 11 is 3.46. The number of halogens is 1. The summed E-state index contributed by atoms with van der Waals surface area (Å²) in [7, 11) is 0. The molecular weight excluding hydrogens is 430 g/mol. The van der Waals surface area contributed by atoms with E-state index in [1.807, 2.05) is 36.1 Å². The standard InChI is InChI=1S/C23H26BrN3O2/c1-17-15-19(24)7-8-21(17)27-10-9-20(23(27)29)22(28)26-13-11-25(12-14-26)16-18-5-3-2-4-6-18/h2-8,15,20H,9-14,16H2,1H3/t20-/m1/s1. The third-order valence-corrected chi connectivity index (χ3v) is 6.38. The molecule has 0 N–H and O–H groups in total. The predicted octanol–water partition coefficient (Wildman–Crippen LogP) is 3.45. The van der Waals surface area contributed by atoms with Crippen LogP contribution in [0.1, 0.15) is 17.5 Å². The number of carbonyl (C=O) groups excluding carboxylic acids is 2. The van der Waals surface area contributed by atoms with Crippen molar-refractivity contribution >= 4 is 33.4 Å². The van der Waals surface area contributed by atoms with E-state index in [4.69, 9.17) is 0 Å². The van der Waals surface area contributed by atoms with Crippen LogP contribution in [0.4, 0.5) is 5.69 Å². The summed E-state index contributed by atoms with van der Waals surface area (Å²) in [4.78, 5) is 32.1. The topological polar surface area (TPSA) is 43.9 Å². The quantitative estimate of drug-likeness (QED) is 0.663. The molecule has 0 aromatic heterocycles. The Labute approximate surface area is 180 Å². The number of aryl methyl sites for hydroxylation is 1. The van der Waals surface area contributed by atoms with Gasteiger partial charge in [-0.2, -0.15) is 0 Å². The van der Waals surface area contributed by atoms with Gasteiger partial charge in [-0.25, -0.2) is 0 Å². The van der Waals surface area contributed by atoms with E-state index < -0.39 is 5.92 Å². The van der Waals surface area contributed by atoms with Crippen LogP contribution >= 0.6 is 15.9 Å². The molecule has 0 unspecified atom stereocenters. The van der Waals surface area contributed by atoms with Crippen molar-refractivity contribution in [3.05, 3.63) is 64.1 Å². The molecule has 5 nitrogen and oxygen atoms in total. The van der Waals surface area contributed by atoms with Crippen LogP contribution in [-0.2, 0) is 16.1 Å². The molecule has 2 amide bonds. The highest BCUT2D eigenvalue weighted by Gasteiger charge is 2.40. The van der Waals surface area contributed by atoms with Gasteiger partial charge in [-0.1, -0.05) is 46.3 Å². The Morgan fingerprint density at radius 3 is 2.45 bits per heavy atom. The smallest absolute Gasteiger partial charge is 0.239 e. The van der Waals surface area contributed by atoms with Crippen LogP contribution in [0.25, 0.3) is 0 Å². The van der Waals surface area contributed by atoms with Gasteiger partial charge in [0.05, 0.1) is 0 Å². The molecule has 4 rings (SSSR count). The molecule has 152 valence electrons. The van der Waals surface area contributed by atoms with Crippen LogP contribution in [-0.4, -0.2) is 54.3 Å². The van der Waals surface area contributed by atoms with Gasteiger partial charge in [0, 0.05) is 49.4 Å². The molecule has 0 bridgehead atoms.